The Kier molecular flexibility index (Phi) is 6.42. The molecule has 0 aliphatic carbocycles. The molecule has 1 aromatic heterocycles. The van der Waals surface area contributed by atoms with Crippen LogP contribution >= 0.6 is 0 Å². The second-order valence-corrected chi connectivity index (χ2v) is 7.79. The Morgan fingerprint density at radius 3 is 2.41 bits per heavy atom. The molecule has 0 radical (unpaired) electrons. The predicted molar refractivity (Wildman–Crippen MR) is 124 cm³/mol. The summed E-state index contributed by atoms with van der Waals surface area (Å²) in [5, 5.41) is 14.3. The molecule has 1 amide bonds. The molecule has 1 saturated heterocycles. The molecule has 1 atom stereocenters. The molecule has 4 rings (SSSR count). The number of nitro groups is 1. The van der Waals surface area contributed by atoms with Gasteiger partial charge in [0, 0.05) is 38.4 Å². The summed E-state index contributed by atoms with van der Waals surface area (Å²) in [5.41, 5.74) is 1.72. The number of carbonyl (C=O) groups excluding carboxylic acids is 1. The number of nitrogens with zero attached hydrogens (tertiary/aromatic N) is 4. The summed E-state index contributed by atoms with van der Waals surface area (Å²) < 4.78 is 0. The van der Waals surface area contributed by atoms with Gasteiger partial charge in [0.25, 0.3) is 5.69 Å². The normalized spacial score (nSPS) is 15.2. The molecular formula is C24H25N5O3. The Hall–Kier alpha value is -3.78. The molecule has 8 nitrogen and oxygen atoms in total. The summed E-state index contributed by atoms with van der Waals surface area (Å²) in [6, 6.07) is 19.6. The van der Waals surface area contributed by atoms with Crippen LogP contribution in [0.25, 0.3) is 0 Å². The molecule has 32 heavy (non-hydrogen) atoms. The smallest absolute Gasteiger partial charge is 0.293 e. The van der Waals surface area contributed by atoms with Gasteiger partial charge in [-0.15, -0.1) is 0 Å². The number of amides is 1. The Labute approximate surface area is 186 Å². The minimum atomic E-state index is -0.553. The van der Waals surface area contributed by atoms with Gasteiger partial charge in [-0.2, -0.15) is 0 Å². The number of nitro benzene ring substituents is 1. The highest BCUT2D eigenvalue weighted by atomic mass is 16.6. The first-order chi connectivity index (χ1) is 15.5. The monoisotopic (exact) mass is 431 g/mol. The molecule has 8 heteroatoms. The first-order valence-electron chi connectivity index (χ1n) is 10.5. The molecule has 2 heterocycles. The fraction of sp³-hybridized carbons (Fsp3) is 0.250. The zero-order valence-electron chi connectivity index (χ0n) is 17.8. The van der Waals surface area contributed by atoms with Crippen molar-refractivity contribution in [2.24, 2.45) is 0 Å². The third kappa shape index (κ3) is 4.76. The summed E-state index contributed by atoms with van der Waals surface area (Å²) >= 11 is 0. The van der Waals surface area contributed by atoms with Crippen LogP contribution in [0.1, 0.15) is 17.2 Å². The van der Waals surface area contributed by atoms with Gasteiger partial charge in [-0.3, -0.25) is 19.8 Å². The number of piperazine rings is 1. The molecule has 0 saturated carbocycles. The van der Waals surface area contributed by atoms with E-state index in [0.717, 1.165) is 30.0 Å². The third-order valence-corrected chi connectivity index (χ3v) is 5.62. The zero-order chi connectivity index (χ0) is 22.5. The van der Waals surface area contributed by atoms with Gasteiger partial charge in [-0.1, -0.05) is 42.5 Å². The number of carbonyl (C=O) groups is 1. The van der Waals surface area contributed by atoms with Crippen LogP contribution in [0.4, 0.5) is 17.2 Å². The number of rotatable bonds is 6. The lowest BCUT2D eigenvalue weighted by atomic mass is 10.0. The minimum absolute atomic E-state index is 0.106. The fourth-order valence-corrected chi connectivity index (χ4v) is 4.01. The highest BCUT2D eigenvalue weighted by molar-refractivity contribution is 5.97. The Morgan fingerprint density at radius 1 is 1.03 bits per heavy atom. The first kappa shape index (κ1) is 21.5. The third-order valence-electron chi connectivity index (χ3n) is 5.62. The van der Waals surface area contributed by atoms with Crippen LogP contribution in [0.5, 0.6) is 0 Å². The zero-order valence-corrected chi connectivity index (χ0v) is 17.8. The summed E-state index contributed by atoms with van der Waals surface area (Å²) in [5.74, 6) is 0.637. The second-order valence-electron chi connectivity index (χ2n) is 7.79. The van der Waals surface area contributed by atoms with Crippen molar-refractivity contribution in [3.8, 4) is 0 Å². The lowest BCUT2D eigenvalue weighted by Crippen LogP contribution is -2.50. The quantitative estimate of drug-likeness (QED) is 0.472. The van der Waals surface area contributed by atoms with Gasteiger partial charge in [0.05, 0.1) is 4.92 Å². The number of aryl methyl sites for hydroxylation is 1. The van der Waals surface area contributed by atoms with Crippen LogP contribution in [0.2, 0.25) is 0 Å². The van der Waals surface area contributed by atoms with Crippen LogP contribution in [-0.2, 0) is 4.79 Å². The van der Waals surface area contributed by atoms with Crippen molar-refractivity contribution >= 4 is 23.1 Å². The molecule has 1 fully saturated rings. The van der Waals surface area contributed by atoms with Crippen LogP contribution in [0.15, 0.2) is 72.9 Å². The highest BCUT2D eigenvalue weighted by Crippen LogP contribution is 2.29. The molecule has 0 bridgehead atoms. The Morgan fingerprint density at radius 2 is 1.75 bits per heavy atom. The van der Waals surface area contributed by atoms with Gasteiger partial charge in [-0.25, -0.2) is 4.98 Å². The van der Waals surface area contributed by atoms with Crippen LogP contribution in [0, 0.1) is 17.0 Å². The minimum Gasteiger partial charge on any atom is -0.354 e. The average molecular weight is 431 g/mol. The van der Waals surface area contributed by atoms with E-state index in [9.17, 15) is 14.9 Å². The van der Waals surface area contributed by atoms with Gasteiger partial charge in [0.15, 0.2) is 0 Å². The van der Waals surface area contributed by atoms with E-state index in [2.05, 4.69) is 20.1 Å². The second kappa shape index (κ2) is 9.57. The van der Waals surface area contributed by atoms with Crippen LogP contribution in [0.3, 0.4) is 0 Å². The molecule has 3 aromatic rings. The summed E-state index contributed by atoms with van der Waals surface area (Å²) in [6.07, 6.45) is 1.77. The van der Waals surface area contributed by atoms with Crippen molar-refractivity contribution in [3.63, 3.8) is 0 Å². The summed E-state index contributed by atoms with van der Waals surface area (Å²) in [4.78, 5) is 33.2. The van der Waals surface area contributed by atoms with Crippen LogP contribution in [-0.4, -0.2) is 46.9 Å². The average Bonchev–Trinajstić information content (AvgIpc) is 2.82. The maximum absolute atomic E-state index is 13.4. The van der Waals surface area contributed by atoms with E-state index in [4.69, 9.17) is 0 Å². The molecule has 2 aromatic carbocycles. The maximum Gasteiger partial charge on any atom is 0.293 e. The maximum atomic E-state index is 13.4. The van der Waals surface area contributed by atoms with Crippen molar-refractivity contribution < 1.29 is 9.72 Å². The largest absolute Gasteiger partial charge is 0.354 e. The summed E-state index contributed by atoms with van der Waals surface area (Å²) in [6.45, 7) is 4.59. The van der Waals surface area contributed by atoms with Crippen LogP contribution < -0.4 is 10.2 Å². The van der Waals surface area contributed by atoms with E-state index in [0.29, 0.717) is 13.1 Å². The van der Waals surface area contributed by atoms with E-state index in [1.165, 1.54) is 6.07 Å². The van der Waals surface area contributed by atoms with E-state index in [1.54, 1.807) is 25.3 Å². The first-order valence-corrected chi connectivity index (χ1v) is 10.5. The van der Waals surface area contributed by atoms with Crippen molar-refractivity contribution in [1.82, 2.24) is 9.88 Å². The molecule has 1 aliphatic rings. The number of hydrogen-bond acceptors (Lipinski definition) is 6. The highest BCUT2D eigenvalue weighted by Gasteiger charge is 2.32. The van der Waals surface area contributed by atoms with Gasteiger partial charge in [0.1, 0.15) is 17.5 Å². The molecule has 0 spiro atoms. The SMILES string of the molecule is Cc1ccc(NC(=O)[C@H](c2ccccc2)N2CCN(c3ccccn3)CC2)c([N+](=O)[O-])c1. The topological polar surface area (TPSA) is 91.6 Å². The Bertz CT molecular complexity index is 1080. The van der Waals surface area contributed by atoms with Crippen molar-refractivity contribution in [1.29, 1.82) is 0 Å². The molecular weight excluding hydrogens is 406 g/mol. The number of benzene rings is 2. The van der Waals surface area contributed by atoms with E-state index in [1.807, 2.05) is 48.5 Å². The van der Waals surface area contributed by atoms with Gasteiger partial charge >= 0.3 is 0 Å². The number of anilines is 2. The number of aromatic nitrogens is 1. The van der Waals surface area contributed by atoms with Crippen molar-refractivity contribution in [2.45, 2.75) is 13.0 Å². The van der Waals surface area contributed by atoms with Gasteiger partial charge in [-0.05, 0) is 36.2 Å². The van der Waals surface area contributed by atoms with Crippen molar-refractivity contribution in [3.05, 3.63) is 94.2 Å². The van der Waals surface area contributed by atoms with Gasteiger partial charge in [0.2, 0.25) is 5.91 Å². The summed E-state index contributed by atoms with van der Waals surface area (Å²) in [7, 11) is 0. The van der Waals surface area contributed by atoms with E-state index in [-0.39, 0.29) is 17.3 Å². The lowest BCUT2D eigenvalue weighted by Gasteiger charge is -2.39. The number of pyridine rings is 1. The molecule has 164 valence electrons. The number of nitrogens with one attached hydrogen (secondary N) is 1. The van der Waals surface area contributed by atoms with Crippen molar-refractivity contribution in [2.75, 3.05) is 36.4 Å². The molecule has 1 aliphatic heterocycles. The molecule has 0 unspecified atom stereocenters. The Balaban J connectivity index is 1.56. The van der Waals surface area contributed by atoms with E-state index < -0.39 is 11.0 Å². The number of hydrogen-bond donors (Lipinski definition) is 1. The lowest BCUT2D eigenvalue weighted by molar-refractivity contribution is -0.384. The van der Waals surface area contributed by atoms with E-state index >= 15 is 0 Å². The predicted octanol–water partition coefficient (Wildman–Crippen LogP) is 3.80. The fourth-order valence-electron chi connectivity index (χ4n) is 4.01. The van der Waals surface area contributed by atoms with Gasteiger partial charge < -0.3 is 10.2 Å². The standard InChI is InChI=1S/C24H25N5O3/c1-18-10-11-20(21(17-18)29(31)32)26-24(30)23(19-7-3-2-4-8-19)28-15-13-27(14-16-28)22-9-5-6-12-25-22/h2-12,17,23H,13-16H2,1H3,(H,26,30)/t23-/m0/s1. The molecule has 1 N–H and O–H groups in total.